The van der Waals surface area contributed by atoms with Crippen LogP contribution in [-0.2, 0) is 4.79 Å². The number of ketones is 1. The van der Waals surface area contributed by atoms with Crippen LogP contribution in [-0.4, -0.2) is 5.78 Å². The smallest absolute Gasteiger partial charge is 0.164 e. The Morgan fingerprint density at radius 3 is 2.19 bits per heavy atom. The van der Waals surface area contributed by atoms with Crippen molar-refractivity contribution in [2.45, 2.75) is 52.4 Å². The van der Waals surface area contributed by atoms with Gasteiger partial charge in [0.1, 0.15) is 0 Å². The molecule has 4 rings (SSSR count). The van der Waals surface area contributed by atoms with Crippen molar-refractivity contribution in [3.8, 4) is 0 Å². The number of allylic oxidation sites excluding steroid dienone is 1. The molecule has 4 aliphatic rings. The quantitative estimate of drug-likeness (QED) is 0.645. The highest BCUT2D eigenvalue weighted by atomic mass is 16.1. The molecule has 0 N–H and O–H groups in total. The van der Waals surface area contributed by atoms with E-state index in [1.807, 2.05) is 6.92 Å². The highest BCUT2D eigenvalue weighted by Gasteiger charge is 2.58. The topological polar surface area (TPSA) is 17.1 Å². The van der Waals surface area contributed by atoms with Crippen LogP contribution in [0.2, 0.25) is 0 Å². The van der Waals surface area contributed by atoms with Gasteiger partial charge in [-0.3, -0.25) is 4.79 Å². The van der Waals surface area contributed by atoms with E-state index in [0.29, 0.717) is 11.2 Å². The number of carbonyl (C=O) groups is 1. The van der Waals surface area contributed by atoms with Gasteiger partial charge in [-0.15, -0.1) is 0 Å². The fraction of sp³-hybridized carbons (Fsp3) is 0.800. The molecule has 1 nitrogen and oxygen atoms in total. The fourth-order valence-electron chi connectivity index (χ4n) is 5.44. The van der Waals surface area contributed by atoms with Crippen molar-refractivity contribution < 1.29 is 4.79 Å². The molecule has 1 heteroatoms. The van der Waals surface area contributed by atoms with Crippen molar-refractivity contribution in [3.05, 3.63) is 12.2 Å². The van der Waals surface area contributed by atoms with Gasteiger partial charge in [0, 0.05) is 5.41 Å². The molecule has 4 saturated carbocycles. The Morgan fingerprint density at radius 1 is 1.19 bits per heavy atom. The third-order valence-electron chi connectivity index (χ3n) is 5.22. The second-order valence-corrected chi connectivity index (χ2v) is 7.16. The van der Waals surface area contributed by atoms with E-state index < -0.39 is 0 Å². The first-order valence-electron chi connectivity index (χ1n) is 6.63. The summed E-state index contributed by atoms with van der Waals surface area (Å²) in [5.41, 5.74) is 1.25. The summed E-state index contributed by atoms with van der Waals surface area (Å²) >= 11 is 0. The van der Waals surface area contributed by atoms with Gasteiger partial charge in [0.05, 0.1) is 0 Å². The number of Topliss-reactive ketones (excluding diaryl/α,β-unsaturated/α-hetero) is 1. The summed E-state index contributed by atoms with van der Waals surface area (Å²) in [5, 5.41) is 0. The first-order valence-corrected chi connectivity index (χ1v) is 6.63. The summed E-state index contributed by atoms with van der Waals surface area (Å²) in [6.07, 6.45) is 7.58. The molecule has 2 atom stereocenters. The second-order valence-electron chi connectivity index (χ2n) is 7.16. The van der Waals surface area contributed by atoms with E-state index >= 15 is 0 Å². The molecule has 2 unspecified atom stereocenters. The molecule has 0 aromatic rings. The lowest BCUT2D eigenvalue weighted by Crippen LogP contribution is -2.54. The lowest BCUT2D eigenvalue weighted by Gasteiger charge is -2.60. The maximum atomic E-state index is 12.4. The minimum atomic E-state index is 0.00463. The van der Waals surface area contributed by atoms with E-state index in [0.717, 1.165) is 36.7 Å². The maximum Gasteiger partial charge on any atom is 0.164 e. The molecule has 0 aromatic carbocycles. The van der Waals surface area contributed by atoms with Crippen LogP contribution in [0, 0.1) is 22.7 Å². The van der Waals surface area contributed by atoms with Crippen LogP contribution < -0.4 is 0 Å². The number of hydrogen-bond donors (Lipinski definition) is 0. The van der Waals surface area contributed by atoms with E-state index in [1.165, 1.54) is 19.3 Å². The van der Waals surface area contributed by atoms with Gasteiger partial charge in [-0.05, 0) is 68.3 Å². The summed E-state index contributed by atoms with van der Waals surface area (Å²) in [5.74, 6) is 2.04. The normalized spacial score (nSPS) is 49.4. The highest BCUT2D eigenvalue weighted by Crippen LogP contribution is 2.65. The number of rotatable bonds is 2. The standard InChI is InChI=1S/C15H22O/c1-10(2)13(16)15-7-11-4-12(8-15)6-14(3,5-11)9-15/h11-12H,1,4-9H2,2-3H3. The predicted molar refractivity (Wildman–Crippen MR) is 65.0 cm³/mol. The molecule has 0 spiro atoms. The number of hydrogen-bond acceptors (Lipinski definition) is 1. The third kappa shape index (κ3) is 1.33. The lowest BCUT2D eigenvalue weighted by atomic mass is 9.43. The van der Waals surface area contributed by atoms with Crippen molar-refractivity contribution >= 4 is 5.78 Å². The minimum Gasteiger partial charge on any atom is -0.294 e. The van der Waals surface area contributed by atoms with Crippen LogP contribution in [0.3, 0.4) is 0 Å². The van der Waals surface area contributed by atoms with Gasteiger partial charge in [0.2, 0.25) is 0 Å². The molecular weight excluding hydrogens is 196 g/mol. The average molecular weight is 218 g/mol. The zero-order valence-corrected chi connectivity index (χ0v) is 10.5. The van der Waals surface area contributed by atoms with Gasteiger partial charge in [0.15, 0.2) is 5.78 Å². The molecule has 4 fully saturated rings. The summed E-state index contributed by atoms with van der Waals surface area (Å²) in [6.45, 7) is 8.19. The predicted octanol–water partition coefficient (Wildman–Crippen LogP) is 3.74. The largest absolute Gasteiger partial charge is 0.294 e. The first-order chi connectivity index (χ1) is 7.42. The molecule has 0 aromatic heterocycles. The van der Waals surface area contributed by atoms with E-state index in [1.54, 1.807) is 0 Å². The summed E-state index contributed by atoms with van der Waals surface area (Å²) in [7, 11) is 0. The van der Waals surface area contributed by atoms with Crippen LogP contribution in [0.25, 0.3) is 0 Å². The van der Waals surface area contributed by atoms with Crippen LogP contribution in [0.5, 0.6) is 0 Å². The molecule has 88 valence electrons. The summed E-state index contributed by atoms with van der Waals surface area (Å²) in [6, 6.07) is 0. The summed E-state index contributed by atoms with van der Waals surface area (Å²) < 4.78 is 0. The van der Waals surface area contributed by atoms with Crippen LogP contribution in [0.1, 0.15) is 52.4 Å². The Labute approximate surface area is 98.3 Å². The highest BCUT2D eigenvalue weighted by molar-refractivity contribution is 5.99. The maximum absolute atomic E-state index is 12.4. The Balaban J connectivity index is 1.98. The van der Waals surface area contributed by atoms with Gasteiger partial charge < -0.3 is 0 Å². The zero-order chi connectivity index (χ0) is 11.6. The van der Waals surface area contributed by atoms with Crippen molar-refractivity contribution in [1.29, 1.82) is 0 Å². The monoisotopic (exact) mass is 218 g/mol. The zero-order valence-electron chi connectivity index (χ0n) is 10.5. The second kappa shape index (κ2) is 3.00. The molecular formula is C15H22O. The Kier molecular flexibility index (Phi) is 1.98. The Bertz CT molecular complexity index is 352. The molecule has 4 bridgehead atoms. The van der Waals surface area contributed by atoms with E-state index in [4.69, 9.17) is 0 Å². The number of carbonyl (C=O) groups excluding carboxylic acids is 1. The van der Waals surface area contributed by atoms with Gasteiger partial charge in [-0.2, -0.15) is 0 Å². The van der Waals surface area contributed by atoms with E-state index in [9.17, 15) is 4.79 Å². The van der Waals surface area contributed by atoms with Crippen LogP contribution >= 0.6 is 0 Å². The van der Waals surface area contributed by atoms with E-state index in [-0.39, 0.29) is 5.41 Å². The van der Waals surface area contributed by atoms with Crippen LogP contribution in [0.4, 0.5) is 0 Å². The average Bonchev–Trinajstić information content (AvgIpc) is 2.12. The first kappa shape index (κ1) is 10.6. The van der Waals surface area contributed by atoms with Gasteiger partial charge in [-0.1, -0.05) is 13.5 Å². The molecule has 0 radical (unpaired) electrons. The summed E-state index contributed by atoms with van der Waals surface area (Å²) in [4.78, 5) is 12.4. The van der Waals surface area contributed by atoms with Gasteiger partial charge >= 0.3 is 0 Å². The Morgan fingerprint density at radius 2 is 1.75 bits per heavy atom. The van der Waals surface area contributed by atoms with Crippen molar-refractivity contribution in [2.24, 2.45) is 22.7 Å². The molecule has 0 saturated heterocycles. The van der Waals surface area contributed by atoms with Crippen molar-refractivity contribution in [1.82, 2.24) is 0 Å². The van der Waals surface area contributed by atoms with Crippen molar-refractivity contribution in [2.75, 3.05) is 0 Å². The molecule has 0 amide bonds. The SMILES string of the molecule is C=C(C)C(=O)C12CC3CC(CC(C)(C3)C1)C2. The van der Waals surface area contributed by atoms with E-state index in [2.05, 4.69) is 13.5 Å². The van der Waals surface area contributed by atoms with Crippen LogP contribution in [0.15, 0.2) is 12.2 Å². The third-order valence-corrected chi connectivity index (χ3v) is 5.22. The van der Waals surface area contributed by atoms with Gasteiger partial charge in [-0.25, -0.2) is 0 Å². The Hall–Kier alpha value is -0.590. The van der Waals surface area contributed by atoms with Gasteiger partial charge in [0.25, 0.3) is 0 Å². The lowest BCUT2D eigenvalue weighted by molar-refractivity contribution is -0.149. The molecule has 16 heavy (non-hydrogen) atoms. The fourth-order valence-corrected chi connectivity index (χ4v) is 5.44. The molecule has 0 heterocycles. The molecule has 4 aliphatic carbocycles. The minimum absolute atomic E-state index is 0.00463. The van der Waals surface area contributed by atoms with Crippen molar-refractivity contribution in [3.63, 3.8) is 0 Å². The molecule has 0 aliphatic heterocycles.